The Morgan fingerprint density at radius 3 is 2.38 bits per heavy atom. The normalized spacial score (nSPS) is 10.7. The van der Waals surface area contributed by atoms with Crippen molar-refractivity contribution in [3.05, 3.63) is 66.4 Å². The third-order valence-corrected chi connectivity index (χ3v) is 5.06. The Balaban J connectivity index is 1.99. The molecule has 0 aliphatic rings. The van der Waals surface area contributed by atoms with Gasteiger partial charge in [0.15, 0.2) is 0 Å². The lowest BCUT2D eigenvalue weighted by Gasteiger charge is -2.10. The molecule has 5 heteroatoms. The van der Waals surface area contributed by atoms with Crippen molar-refractivity contribution >= 4 is 17.7 Å². The van der Waals surface area contributed by atoms with Gasteiger partial charge in [-0.2, -0.15) is 9.78 Å². The van der Waals surface area contributed by atoms with Crippen molar-refractivity contribution in [1.82, 2.24) is 9.78 Å². The molecule has 0 saturated carbocycles. The lowest BCUT2D eigenvalue weighted by atomic mass is 10.2. The smallest absolute Gasteiger partial charge is 0.312 e. The first-order valence-electron chi connectivity index (χ1n) is 8.77. The molecule has 0 amide bonds. The molecule has 0 bridgehead atoms. The average Bonchev–Trinajstić information content (AvgIpc) is 2.97. The van der Waals surface area contributed by atoms with E-state index >= 15 is 0 Å². The minimum absolute atomic E-state index is 0.223. The second-order valence-corrected chi connectivity index (χ2v) is 7.04. The van der Waals surface area contributed by atoms with E-state index in [0.717, 1.165) is 34.0 Å². The van der Waals surface area contributed by atoms with E-state index in [9.17, 15) is 4.79 Å². The lowest BCUT2D eigenvalue weighted by molar-refractivity contribution is -0.135. The van der Waals surface area contributed by atoms with Crippen molar-refractivity contribution in [1.29, 1.82) is 0 Å². The highest BCUT2D eigenvalue weighted by Crippen LogP contribution is 2.39. The number of aromatic nitrogens is 2. The second kappa shape index (κ2) is 8.72. The molecule has 3 aromatic rings. The number of aryl methyl sites for hydroxylation is 1. The third-order valence-electron chi connectivity index (χ3n) is 3.87. The number of hydrogen-bond donors (Lipinski definition) is 0. The van der Waals surface area contributed by atoms with Crippen LogP contribution in [0.3, 0.4) is 0 Å². The minimum atomic E-state index is -0.223. The number of esters is 1. The predicted octanol–water partition coefficient (Wildman–Crippen LogP) is 5.43. The maximum atomic E-state index is 12.3. The van der Waals surface area contributed by atoms with Gasteiger partial charge >= 0.3 is 5.97 Å². The summed E-state index contributed by atoms with van der Waals surface area (Å²) in [6.45, 7) is 4.00. The monoisotopic (exact) mass is 366 g/mol. The van der Waals surface area contributed by atoms with E-state index in [4.69, 9.17) is 4.74 Å². The van der Waals surface area contributed by atoms with E-state index in [2.05, 4.69) is 12.0 Å². The average molecular weight is 366 g/mol. The van der Waals surface area contributed by atoms with Gasteiger partial charge in [0, 0.05) is 11.3 Å². The van der Waals surface area contributed by atoms with Crippen LogP contribution in [0.4, 0.5) is 0 Å². The molecular weight excluding hydrogens is 344 g/mol. The summed E-state index contributed by atoms with van der Waals surface area (Å²) in [5.41, 5.74) is 1.70. The Labute approximate surface area is 158 Å². The SMILES string of the molecule is CCCCC(=O)Oc1c(Sc2ccccc2)c(C)nn1-c1ccccc1. The number of rotatable bonds is 7. The van der Waals surface area contributed by atoms with Gasteiger partial charge in [-0.15, -0.1) is 0 Å². The molecular formula is C21H22N2O2S. The highest BCUT2D eigenvalue weighted by atomic mass is 32.2. The van der Waals surface area contributed by atoms with E-state index in [1.54, 1.807) is 16.4 Å². The van der Waals surface area contributed by atoms with Gasteiger partial charge in [-0.3, -0.25) is 4.79 Å². The minimum Gasteiger partial charge on any atom is -0.406 e. The Morgan fingerprint density at radius 2 is 1.73 bits per heavy atom. The molecule has 1 aromatic heterocycles. The van der Waals surface area contributed by atoms with Crippen LogP contribution in [0, 0.1) is 6.92 Å². The van der Waals surface area contributed by atoms with Crippen molar-refractivity contribution in [2.45, 2.75) is 42.9 Å². The number of unbranched alkanes of at least 4 members (excludes halogenated alkanes) is 1. The van der Waals surface area contributed by atoms with Crippen LogP contribution in [0.25, 0.3) is 5.69 Å². The highest BCUT2D eigenvalue weighted by molar-refractivity contribution is 7.99. The summed E-state index contributed by atoms with van der Waals surface area (Å²) >= 11 is 1.56. The molecule has 3 rings (SSSR count). The summed E-state index contributed by atoms with van der Waals surface area (Å²) < 4.78 is 7.48. The van der Waals surface area contributed by atoms with E-state index in [1.165, 1.54) is 0 Å². The number of para-hydroxylation sites is 1. The Hall–Kier alpha value is -2.53. The van der Waals surface area contributed by atoms with Crippen LogP contribution in [-0.2, 0) is 4.79 Å². The zero-order valence-corrected chi connectivity index (χ0v) is 15.8. The van der Waals surface area contributed by atoms with E-state index < -0.39 is 0 Å². The number of hydrogen-bond acceptors (Lipinski definition) is 4. The summed E-state index contributed by atoms with van der Waals surface area (Å²) in [4.78, 5) is 14.2. The largest absolute Gasteiger partial charge is 0.406 e. The summed E-state index contributed by atoms with van der Waals surface area (Å²) in [5, 5.41) is 4.63. The molecule has 2 aromatic carbocycles. The highest BCUT2D eigenvalue weighted by Gasteiger charge is 2.21. The number of benzene rings is 2. The second-order valence-electron chi connectivity index (χ2n) is 5.96. The molecule has 0 spiro atoms. The van der Waals surface area contributed by atoms with Crippen molar-refractivity contribution in [3.63, 3.8) is 0 Å². The van der Waals surface area contributed by atoms with Gasteiger partial charge in [0.05, 0.1) is 16.3 Å². The molecule has 4 nitrogen and oxygen atoms in total. The van der Waals surface area contributed by atoms with Crippen LogP contribution in [-0.4, -0.2) is 15.7 Å². The Morgan fingerprint density at radius 1 is 1.08 bits per heavy atom. The van der Waals surface area contributed by atoms with E-state index in [0.29, 0.717) is 12.3 Å². The molecule has 1 heterocycles. The van der Waals surface area contributed by atoms with Crippen LogP contribution in [0.1, 0.15) is 31.9 Å². The molecule has 0 N–H and O–H groups in total. The third kappa shape index (κ3) is 4.35. The van der Waals surface area contributed by atoms with Gasteiger partial charge in [-0.1, -0.05) is 61.5 Å². The van der Waals surface area contributed by atoms with Gasteiger partial charge < -0.3 is 4.74 Å². The molecule has 0 fully saturated rings. The van der Waals surface area contributed by atoms with Crippen LogP contribution in [0.15, 0.2) is 70.5 Å². The fourth-order valence-corrected chi connectivity index (χ4v) is 3.46. The fourth-order valence-electron chi connectivity index (χ4n) is 2.53. The first-order chi connectivity index (χ1) is 12.7. The van der Waals surface area contributed by atoms with Crippen LogP contribution in [0.5, 0.6) is 5.88 Å². The predicted molar refractivity (Wildman–Crippen MR) is 104 cm³/mol. The van der Waals surface area contributed by atoms with Gasteiger partial charge in [0.25, 0.3) is 0 Å². The van der Waals surface area contributed by atoms with Crippen LogP contribution in [0.2, 0.25) is 0 Å². The van der Waals surface area contributed by atoms with Crippen molar-refractivity contribution in [3.8, 4) is 11.6 Å². The summed E-state index contributed by atoms with van der Waals surface area (Å²) in [5.74, 6) is 0.266. The lowest BCUT2D eigenvalue weighted by Crippen LogP contribution is -2.11. The van der Waals surface area contributed by atoms with Gasteiger partial charge in [-0.05, 0) is 37.6 Å². The van der Waals surface area contributed by atoms with Crippen LogP contribution >= 0.6 is 11.8 Å². The molecule has 0 radical (unpaired) electrons. The maximum absolute atomic E-state index is 12.3. The van der Waals surface area contributed by atoms with Gasteiger partial charge in [0.2, 0.25) is 5.88 Å². The zero-order valence-electron chi connectivity index (χ0n) is 15.0. The summed E-state index contributed by atoms with van der Waals surface area (Å²) in [6, 6.07) is 19.8. The van der Waals surface area contributed by atoms with Crippen molar-refractivity contribution in [2.75, 3.05) is 0 Å². The van der Waals surface area contributed by atoms with E-state index in [-0.39, 0.29) is 5.97 Å². The quantitative estimate of drug-likeness (QED) is 0.523. The molecule has 134 valence electrons. The van der Waals surface area contributed by atoms with Crippen molar-refractivity contribution < 1.29 is 9.53 Å². The number of carbonyl (C=O) groups excluding carboxylic acids is 1. The topological polar surface area (TPSA) is 44.1 Å². The summed E-state index contributed by atoms with van der Waals surface area (Å²) in [7, 11) is 0. The molecule has 0 aliphatic carbocycles. The first kappa shape index (κ1) is 18.3. The Bertz CT molecular complexity index is 860. The standard InChI is InChI=1S/C21H22N2O2S/c1-3-4-15-19(24)25-21-20(26-18-13-9-6-10-14-18)16(2)22-23(21)17-11-7-5-8-12-17/h5-14H,3-4,15H2,1-2H3. The van der Waals surface area contributed by atoms with Gasteiger partial charge in [0.1, 0.15) is 0 Å². The zero-order chi connectivity index (χ0) is 18.4. The number of ether oxygens (including phenoxy) is 1. The summed E-state index contributed by atoms with van der Waals surface area (Å²) in [6.07, 6.45) is 2.18. The fraction of sp³-hybridized carbons (Fsp3) is 0.238. The molecule has 0 saturated heterocycles. The van der Waals surface area contributed by atoms with Crippen molar-refractivity contribution in [2.24, 2.45) is 0 Å². The first-order valence-corrected chi connectivity index (χ1v) is 9.59. The van der Waals surface area contributed by atoms with Crippen LogP contribution < -0.4 is 4.74 Å². The Kier molecular flexibility index (Phi) is 6.12. The molecule has 0 unspecified atom stereocenters. The number of carbonyl (C=O) groups is 1. The molecule has 26 heavy (non-hydrogen) atoms. The molecule has 0 atom stereocenters. The number of nitrogens with zero attached hydrogens (tertiary/aromatic N) is 2. The molecule has 0 aliphatic heterocycles. The van der Waals surface area contributed by atoms with E-state index in [1.807, 2.05) is 67.6 Å². The van der Waals surface area contributed by atoms with Gasteiger partial charge in [-0.25, -0.2) is 0 Å². The maximum Gasteiger partial charge on any atom is 0.312 e.